The van der Waals surface area contributed by atoms with Crippen LogP contribution in [0.2, 0.25) is 0 Å². The summed E-state index contributed by atoms with van der Waals surface area (Å²) in [5.41, 5.74) is 8.41. The number of likely N-dealkylation sites (tertiary alicyclic amines) is 1. The molecule has 1 saturated heterocycles. The summed E-state index contributed by atoms with van der Waals surface area (Å²) in [4.78, 5) is 31.3. The number of carbonyl (C=O) groups is 1. The summed E-state index contributed by atoms with van der Waals surface area (Å²) in [6.45, 7) is 4.94. The third-order valence-electron chi connectivity index (χ3n) is 7.19. The molecular formula is C26H30BrN7O4. The van der Waals surface area contributed by atoms with Gasteiger partial charge < -0.3 is 24.7 Å². The van der Waals surface area contributed by atoms with Crippen molar-refractivity contribution in [3.8, 4) is 17.0 Å². The van der Waals surface area contributed by atoms with E-state index in [2.05, 4.69) is 48.5 Å². The van der Waals surface area contributed by atoms with Crippen molar-refractivity contribution >= 4 is 38.9 Å². The Kier molecular flexibility index (Phi) is 6.78. The second kappa shape index (κ2) is 9.91. The molecule has 3 N–H and O–H groups in total. The monoisotopic (exact) mass is 583 g/mol. The fraction of sp³-hybridized carbons (Fsp3) is 0.385. The average molecular weight is 584 g/mol. The van der Waals surface area contributed by atoms with Crippen LogP contribution in [0.25, 0.3) is 22.2 Å². The molecule has 1 fully saturated rings. The van der Waals surface area contributed by atoms with E-state index in [0.717, 1.165) is 41.4 Å². The largest absolute Gasteiger partial charge is 0.478 e. The number of pyridine rings is 1. The van der Waals surface area contributed by atoms with Crippen molar-refractivity contribution < 1.29 is 14.6 Å². The Morgan fingerprint density at radius 3 is 2.82 bits per heavy atom. The van der Waals surface area contributed by atoms with E-state index >= 15 is 0 Å². The smallest absolute Gasteiger partial charge is 0.337 e. The number of ether oxygens (including phenoxy) is 1. The lowest BCUT2D eigenvalue weighted by molar-refractivity contribution is 0.0696. The molecule has 1 aliphatic rings. The molecule has 11 nitrogen and oxygen atoms in total. The zero-order valence-corrected chi connectivity index (χ0v) is 23.1. The van der Waals surface area contributed by atoms with Crippen molar-refractivity contribution in [3.63, 3.8) is 0 Å². The van der Waals surface area contributed by atoms with E-state index < -0.39 is 5.97 Å². The number of carboxylic acids is 1. The van der Waals surface area contributed by atoms with Crippen molar-refractivity contribution in [1.29, 1.82) is 0 Å². The highest BCUT2D eigenvalue weighted by Crippen LogP contribution is 2.35. The fourth-order valence-electron chi connectivity index (χ4n) is 5.41. The lowest BCUT2D eigenvalue weighted by atomic mass is 9.90. The van der Waals surface area contributed by atoms with Gasteiger partial charge in [0.05, 0.1) is 39.5 Å². The van der Waals surface area contributed by atoms with Crippen molar-refractivity contribution in [2.24, 2.45) is 14.1 Å². The molecule has 4 aromatic rings. The number of aromatic nitrogens is 5. The van der Waals surface area contributed by atoms with Crippen LogP contribution in [-0.2, 0) is 19.6 Å². The molecule has 3 aromatic heterocycles. The summed E-state index contributed by atoms with van der Waals surface area (Å²) in [6.07, 6.45) is 4.80. The number of carboxylic acid groups (broad SMARTS) is 1. The number of hydrogen-bond donors (Lipinski definition) is 2. The number of nitrogens with two attached hydrogens (primary N) is 1. The van der Waals surface area contributed by atoms with Gasteiger partial charge in [-0.05, 0) is 50.6 Å². The molecule has 1 aliphatic heterocycles. The standard InChI is InChI=1S/C26H30BrN7O4/c1-26(34-21-12-17(27)5-6-20(21)30-25(34)28)7-4-8-33(15-26)9-10-38-23-19(13-29-32(23)3)18-11-16(24(36)37)14-31(2)22(18)35/h5-6,11-14H,4,7-10,15H2,1-3H3,(H2,28,30)(H,36,37). The third-order valence-corrected chi connectivity index (χ3v) is 7.68. The highest BCUT2D eigenvalue weighted by atomic mass is 79.9. The number of imidazole rings is 1. The Bertz CT molecular complexity index is 1590. The molecule has 0 spiro atoms. The fourth-order valence-corrected chi connectivity index (χ4v) is 5.76. The summed E-state index contributed by atoms with van der Waals surface area (Å²) >= 11 is 3.56. The van der Waals surface area contributed by atoms with E-state index in [1.807, 2.05) is 12.1 Å². The zero-order chi connectivity index (χ0) is 27.2. The quantitative estimate of drug-likeness (QED) is 0.339. The topological polar surface area (TPSA) is 133 Å². The SMILES string of the molecule is Cn1ncc(-c2cc(C(=O)O)cn(C)c2=O)c1OCCN1CCCC(C)(n2c(N)nc3ccc(Br)cc32)C1. The van der Waals surface area contributed by atoms with Crippen molar-refractivity contribution in [3.05, 3.63) is 57.0 Å². The molecule has 5 rings (SSSR count). The average Bonchev–Trinajstić information content (AvgIpc) is 3.39. The number of fused-ring (bicyclic) bond motifs is 1. The number of benzene rings is 1. The number of piperidine rings is 1. The Labute approximate surface area is 227 Å². The Morgan fingerprint density at radius 2 is 2.05 bits per heavy atom. The van der Waals surface area contributed by atoms with E-state index in [9.17, 15) is 14.7 Å². The van der Waals surface area contributed by atoms with Gasteiger partial charge in [0.25, 0.3) is 5.56 Å². The number of hydrogen-bond acceptors (Lipinski definition) is 7. The van der Waals surface area contributed by atoms with Crippen LogP contribution in [0.15, 0.2) is 45.9 Å². The van der Waals surface area contributed by atoms with Crippen molar-refractivity contribution in [2.45, 2.75) is 25.3 Å². The first kappa shape index (κ1) is 26.0. The predicted molar refractivity (Wildman–Crippen MR) is 148 cm³/mol. The van der Waals surface area contributed by atoms with Crippen LogP contribution in [-0.4, -0.2) is 66.1 Å². The minimum absolute atomic E-state index is 0.0165. The van der Waals surface area contributed by atoms with Gasteiger partial charge in [-0.3, -0.25) is 9.69 Å². The van der Waals surface area contributed by atoms with Gasteiger partial charge in [-0.2, -0.15) is 5.10 Å². The molecular weight excluding hydrogens is 554 g/mol. The summed E-state index contributed by atoms with van der Waals surface area (Å²) in [6, 6.07) is 7.35. The van der Waals surface area contributed by atoms with Crippen LogP contribution < -0.4 is 16.0 Å². The highest BCUT2D eigenvalue weighted by molar-refractivity contribution is 9.10. The van der Waals surface area contributed by atoms with E-state index in [1.54, 1.807) is 11.7 Å². The molecule has 200 valence electrons. The van der Waals surface area contributed by atoms with E-state index in [4.69, 9.17) is 10.5 Å². The van der Waals surface area contributed by atoms with Crippen LogP contribution in [0.3, 0.4) is 0 Å². The van der Waals surface area contributed by atoms with Gasteiger partial charge in [0.1, 0.15) is 6.61 Å². The summed E-state index contributed by atoms with van der Waals surface area (Å²) in [7, 11) is 3.25. The number of aromatic carboxylic acids is 1. The van der Waals surface area contributed by atoms with Crippen LogP contribution >= 0.6 is 15.9 Å². The van der Waals surface area contributed by atoms with Gasteiger partial charge >= 0.3 is 5.97 Å². The van der Waals surface area contributed by atoms with Crippen LogP contribution in [0.1, 0.15) is 30.1 Å². The number of aryl methyl sites for hydroxylation is 2. The normalized spacial score (nSPS) is 18.2. The van der Waals surface area contributed by atoms with Gasteiger partial charge in [-0.25, -0.2) is 14.5 Å². The third kappa shape index (κ3) is 4.69. The summed E-state index contributed by atoms with van der Waals surface area (Å²) in [5, 5.41) is 13.7. The Balaban J connectivity index is 1.34. The van der Waals surface area contributed by atoms with E-state index in [0.29, 0.717) is 30.5 Å². The van der Waals surface area contributed by atoms with Crippen LogP contribution in [0.5, 0.6) is 5.88 Å². The van der Waals surface area contributed by atoms with Gasteiger partial charge in [-0.15, -0.1) is 0 Å². The highest BCUT2D eigenvalue weighted by Gasteiger charge is 2.35. The molecule has 1 unspecified atom stereocenters. The molecule has 0 amide bonds. The maximum absolute atomic E-state index is 12.8. The van der Waals surface area contributed by atoms with Gasteiger partial charge in [0.15, 0.2) is 0 Å². The first-order chi connectivity index (χ1) is 18.1. The Hall–Kier alpha value is -3.64. The van der Waals surface area contributed by atoms with Crippen LogP contribution in [0.4, 0.5) is 5.95 Å². The minimum atomic E-state index is -1.11. The number of nitrogen functional groups attached to an aromatic ring is 1. The second-order valence-electron chi connectivity index (χ2n) is 10.0. The summed E-state index contributed by atoms with van der Waals surface area (Å²) in [5.74, 6) is -0.192. The molecule has 4 heterocycles. The van der Waals surface area contributed by atoms with Gasteiger partial charge in [0.2, 0.25) is 11.8 Å². The molecule has 1 aromatic carbocycles. The van der Waals surface area contributed by atoms with Crippen molar-refractivity contribution in [2.75, 3.05) is 32.0 Å². The number of nitrogens with zero attached hydrogens (tertiary/aromatic N) is 6. The number of halogens is 1. The lowest BCUT2D eigenvalue weighted by Gasteiger charge is -2.42. The predicted octanol–water partition coefficient (Wildman–Crippen LogP) is 3.07. The first-order valence-corrected chi connectivity index (χ1v) is 13.1. The maximum atomic E-state index is 12.8. The lowest BCUT2D eigenvalue weighted by Crippen LogP contribution is -2.49. The molecule has 38 heavy (non-hydrogen) atoms. The van der Waals surface area contributed by atoms with Gasteiger partial charge in [0, 0.05) is 37.9 Å². The summed E-state index contributed by atoms with van der Waals surface area (Å²) < 4.78 is 12.1. The second-order valence-corrected chi connectivity index (χ2v) is 10.9. The van der Waals surface area contributed by atoms with Crippen molar-refractivity contribution in [1.82, 2.24) is 28.8 Å². The molecule has 0 radical (unpaired) electrons. The molecule has 0 aliphatic carbocycles. The van der Waals surface area contributed by atoms with Gasteiger partial charge in [-0.1, -0.05) is 15.9 Å². The van der Waals surface area contributed by atoms with E-state index in [1.165, 1.54) is 30.1 Å². The zero-order valence-electron chi connectivity index (χ0n) is 21.5. The molecule has 12 heteroatoms. The molecule has 0 saturated carbocycles. The van der Waals surface area contributed by atoms with E-state index in [-0.39, 0.29) is 22.2 Å². The Morgan fingerprint density at radius 1 is 1.26 bits per heavy atom. The first-order valence-electron chi connectivity index (χ1n) is 12.3. The van der Waals surface area contributed by atoms with Crippen LogP contribution in [0, 0.1) is 0 Å². The number of rotatable bonds is 7. The molecule has 0 bridgehead atoms. The minimum Gasteiger partial charge on any atom is -0.478 e. The maximum Gasteiger partial charge on any atom is 0.337 e. The molecule has 1 atom stereocenters. The number of anilines is 1.